The van der Waals surface area contributed by atoms with E-state index in [0.29, 0.717) is 11.3 Å². The molecule has 4 rings (SSSR count). The summed E-state index contributed by atoms with van der Waals surface area (Å²) in [5.41, 5.74) is 2.62. The van der Waals surface area contributed by atoms with Crippen LogP contribution in [0.5, 0.6) is 0 Å². The van der Waals surface area contributed by atoms with Gasteiger partial charge in [-0.3, -0.25) is 0 Å². The number of carbonyl (C=O) groups excluding carboxylic acids is 1. The van der Waals surface area contributed by atoms with E-state index in [-0.39, 0.29) is 12.1 Å². The summed E-state index contributed by atoms with van der Waals surface area (Å²) in [6.45, 7) is 13.6. The van der Waals surface area contributed by atoms with E-state index in [9.17, 15) is 4.79 Å². The third-order valence-corrected chi connectivity index (χ3v) is 7.76. The minimum absolute atomic E-state index is 0.109. The fourth-order valence-corrected chi connectivity index (χ4v) is 6.03. The highest BCUT2D eigenvalue weighted by atomic mass is 16.6. The van der Waals surface area contributed by atoms with Crippen LogP contribution >= 0.6 is 0 Å². The quantitative estimate of drug-likeness (QED) is 0.589. The SMILES string of the molecule is C[C@H]1CC[C@H](c2ccc(N3CCC4(CCCN(C)C4)CC3)cc2)N(C(=O)OC(C)(C)C)C1. The molecule has 3 fully saturated rings. The van der Waals surface area contributed by atoms with Crippen molar-refractivity contribution in [3.05, 3.63) is 29.8 Å². The number of hydrogen-bond donors (Lipinski definition) is 0. The first kappa shape index (κ1) is 23.4. The van der Waals surface area contributed by atoms with Crippen LogP contribution < -0.4 is 4.90 Å². The molecule has 3 aliphatic rings. The van der Waals surface area contributed by atoms with Gasteiger partial charge in [0.05, 0.1) is 6.04 Å². The molecule has 0 aliphatic carbocycles. The maximum Gasteiger partial charge on any atom is 0.410 e. The first-order valence-corrected chi connectivity index (χ1v) is 12.7. The molecule has 3 aliphatic heterocycles. The number of carbonyl (C=O) groups is 1. The zero-order valence-electron chi connectivity index (χ0n) is 20.9. The molecule has 32 heavy (non-hydrogen) atoms. The van der Waals surface area contributed by atoms with Crippen molar-refractivity contribution in [1.82, 2.24) is 9.80 Å². The molecule has 0 radical (unpaired) electrons. The van der Waals surface area contributed by atoms with Gasteiger partial charge in [0.1, 0.15) is 5.60 Å². The second-order valence-corrected chi connectivity index (χ2v) is 11.8. The zero-order valence-corrected chi connectivity index (χ0v) is 20.9. The summed E-state index contributed by atoms with van der Waals surface area (Å²) in [6.07, 6.45) is 7.30. The third kappa shape index (κ3) is 5.41. The van der Waals surface area contributed by atoms with Gasteiger partial charge in [-0.25, -0.2) is 4.79 Å². The Hall–Kier alpha value is -1.75. The van der Waals surface area contributed by atoms with Gasteiger partial charge in [-0.15, -0.1) is 0 Å². The maximum absolute atomic E-state index is 12.9. The van der Waals surface area contributed by atoms with Crippen molar-refractivity contribution < 1.29 is 9.53 Å². The number of hydrogen-bond acceptors (Lipinski definition) is 4. The van der Waals surface area contributed by atoms with E-state index < -0.39 is 5.60 Å². The van der Waals surface area contributed by atoms with Gasteiger partial charge in [-0.1, -0.05) is 19.1 Å². The van der Waals surface area contributed by atoms with Gasteiger partial charge in [0, 0.05) is 31.9 Å². The molecule has 3 heterocycles. The smallest absolute Gasteiger partial charge is 0.410 e. The zero-order chi connectivity index (χ0) is 22.9. The van der Waals surface area contributed by atoms with Crippen LogP contribution in [0.4, 0.5) is 10.5 Å². The van der Waals surface area contributed by atoms with Crippen molar-refractivity contribution in [2.24, 2.45) is 11.3 Å². The number of benzene rings is 1. The van der Waals surface area contributed by atoms with Crippen LogP contribution in [0.3, 0.4) is 0 Å². The van der Waals surface area contributed by atoms with Gasteiger partial charge in [0.15, 0.2) is 0 Å². The Kier molecular flexibility index (Phi) is 6.76. The standard InChI is InChI=1S/C27H43N3O2/c1-21-7-12-24(30(19-21)25(31)32-26(2,3)4)22-8-10-23(11-9-22)29-17-14-27(15-18-29)13-6-16-28(5)20-27/h8-11,21,24H,6-7,12-20H2,1-5H3/t21-,24+/m0/s1. The van der Waals surface area contributed by atoms with Crippen molar-refractivity contribution in [1.29, 1.82) is 0 Å². The van der Waals surface area contributed by atoms with Gasteiger partial charge in [0.25, 0.3) is 0 Å². The highest BCUT2D eigenvalue weighted by Gasteiger charge is 2.38. The molecule has 1 aromatic carbocycles. The summed E-state index contributed by atoms with van der Waals surface area (Å²) in [7, 11) is 2.28. The van der Waals surface area contributed by atoms with Crippen LogP contribution in [0.15, 0.2) is 24.3 Å². The van der Waals surface area contributed by atoms with Crippen molar-refractivity contribution in [2.45, 2.75) is 77.9 Å². The van der Waals surface area contributed by atoms with Gasteiger partial charge in [-0.05, 0) is 102 Å². The number of rotatable bonds is 2. The van der Waals surface area contributed by atoms with Crippen molar-refractivity contribution >= 4 is 11.8 Å². The number of ether oxygens (including phenoxy) is 1. The molecule has 1 amide bonds. The van der Waals surface area contributed by atoms with Crippen LogP contribution in [0.1, 0.15) is 77.8 Å². The van der Waals surface area contributed by atoms with Crippen molar-refractivity contribution in [3.8, 4) is 0 Å². The monoisotopic (exact) mass is 441 g/mol. The summed E-state index contributed by atoms with van der Waals surface area (Å²) < 4.78 is 5.73. The highest BCUT2D eigenvalue weighted by molar-refractivity contribution is 5.69. The predicted octanol–water partition coefficient (Wildman–Crippen LogP) is 5.71. The summed E-state index contributed by atoms with van der Waals surface area (Å²) in [4.78, 5) is 20.0. The number of nitrogens with zero attached hydrogens (tertiary/aromatic N) is 3. The maximum atomic E-state index is 12.9. The van der Waals surface area contributed by atoms with Crippen LogP contribution in [0, 0.1) is 11.3 Å². The number of piperidine rings is 3. The lowest BCUT2D eigenvalue weighted by atomic mass is 9.72. The van der Waals surface area contributed by atoms with E-state index in [1.807, 2.05) is 25.7 Å². The van der Waals surface area contributed by atoms with Crippen molar-refractivity contribution in [2.75, 3.05) is 44.7 Å². The average Bonchev–Trinajstić information content (AvgIpc) is 2.73. The summed E-state index contributed by atoms with van der Waals surface area (Å²) in [6, 6.07) is 9.13. The largest absolute Gasteiger partial charge is 0.444 e. The molecule has 0 saturated carbocycles. The fourth-order valence-electron chi connectivity index (χ4n) is 6.03. The molecular weight excluding hydrogens is 398 g/mol. The Morgan fingerprint density at radius 3 is 2.34 bits per heavy atom. The number of likely N-dealkylation sites (tertiary alicyclic amines) is 2. The second-order valence-electron chi connectivity index (χ2n) is 11.8. The molecule has 0 N–H and O–H groups in total. The minimum Gasteiger partial charge on any atom is -0.444 e. The summed E-state index contributed by atoms with van der Waals surface area (Å²) in [5, 5.41) is 0. The summed E-state index contributed by atoms with van der Waals surface area (Å²) >= 11 is 0. The van der Waals surface area contributed by atoms with Crippen LogP contribution in [-0.4, -0.2) is 61.3 Å². The van der Waals surface area contributed by atoms with Gasteiger partial charge >= 0.3 is 6.09 Å². The van der Waals surface area contributed by atoms with Crippen LogP contribution in [-0.2, 0) is 4.74 Å². The van der Waals surface area contributed by atoms with Crippen LogP contribution in [0.2, 0.25) is 0 Å². The third-order valence-electron chi connectivity index (χ3n) is 7.76. The first-order valence-electron chi connectivity index (χ1n) is 12.7. The van der Waals surface area contributed by atoms with E-state index in [2.05, 4.69) is 48.0 Å². The van der Waals surface area contributed by atoms with Gasteiger partial charge in [0.2, 0.25) is 0 Å². The van der Waals surface area contributed by atoms with E-state index in [1.165, 1.54) is 50.0 Å². The lowest BCUT2D eigenvalue weighted by Gasteiger charge is -2.47. The topological polar surface area (TPSA) is 36.0 Å². The molecule has 178 valence electrons. The number of amides is 1. The first-order chi connectivity index (χ1) is 15.1. The lowest BCUT2D eigenvalue weighted by molar-refractivity contribution is 0.00364. The lowest BCUT2D eigenvalue weighted by Crippen LogP contribution is -2.48. The molecule has 5 heteroatoms. The molecule has 1 aromatic rings. The predicted molar refractivity (Wildman–Crippen MR) is 131 cm³/mol. The highest BCUT2D eigenvalue weighted by Crippen LogP contribution is 2.41. The molecule has 0 bridgehead atoms. The Morgan fingerprint density at radius 2 is 1.72 bits per heavy atom. The Bertz CT molecular complexity index is 777. The normalized spacial score (nSPS) is 26.9. The van der Waals surface area contributed by atoms with Crippen molar-refractivity contribution in [3.63, 3.8) is 0 Å². The van der Waals surface area contributed by atoms with E-state index in [0.717, 1.165) is 32.5 Å². The molecule has 1 spiro atoms. The molecular formula is C27H43N3O2. The summed E-state index contributed by atoms with van der Waals surface area (Å²) in [5.74, 6) is 0.512. The van der Waals surface area contributed by atoms with E-state index in [1.54, 1.807) is 0 Å². The Labute approximate surface area is 195 Å². The van der Waals surface area contributed by atoms with E-state index in [4.69, 9.17) is 4.74 Å². The minimum atomic E-state index is -0.467. The molecule has 2 atom stereocenters. The number of anilines is 1. The fraction of sp³-hybridized carbons (Fsp3) is 0.741. The second kappa shape index (κ2) is 9.24. The van der Waals surface area contributed by atoms with Gasteiger partial charge in [-0.2, -0.15) is 0 Å². The Balaban J connectivity index is 1.42. The Morgan fingerprint density at radius 1 is 1.03 bits per heavy atom. The van der Waals surface area contributed by atoms with Gasteiger partial charge < -0.3 is 19.4 Å². The average molecular weight is 442 g/mol. The van der Waals surface area contributed by atoms with E-state index >= 15 is 0 Å². The molecule has 5 nitrogen and oxygen atoms in total. The molecule has 0 aromatic heterocycles. The molecule has 3 saturated heterocycles. The van der Waals surface area contributed by atoms with Crippen LogP contribution in [0.25, 0.3) is 0 Å². The molecule has 0 unspecified atom stereocenters.